The van der Waals surface area contributed by atoms with Gasteiger partial charge in [-0.3, -0.25) is 0 Å². The zero-order chi connectivity index (χ0) is 9.68. The van der Waals surface area contributed by atoms with Crippen molar-refractivity contribution in [3.8, 4) is 6.07 Å². The summed E-state index contributed by atoms with van der Waals surface area (Å²) in [5.74, 6) is 0. The third-order valence-electron chi connectivity index (χ3n) is 2.04. The maximum atomic E-state index is 8.41. The van der Waals surface area contributed by atoms with Crippen molar-refractivity contribution in [3.63, 3.8) is 0 Å². The average molecular weight is 174 g/mol. The van der Waals surface area contributed by atoms with Crippen molar-refractivity contribution in [1.82, 2.24) is 0 Å². The van der Waals surface area contributed by atoms with Crippen molar-refractivity contribution in [3.05, 3.63) is 35.4 Å². The van der Waals surface area contributed by atoms with Crippen molar-refractivity contribution in [2.45, 2.75) is 25.8 Å². The average Bonchev–Trinajstić information content (AvgIpc) is 2.14. The van der Waals surface area contributed by atoms with Crippen LogP contribution in [0, 0.1) is 18.3 Å². The third kappa shape index (κ3) is 2.89. The molecule has 1 unspecified atom stereocenters. The molecule has 13 heavy (non-hydrogen) atoms. The molecule has 0 amide bonds. The summed E-state index contributed by atoms with van der Waals surface area (Å²) < 4.78 is 0. The van der Waals surface area contributed by atoms with Crippen LogP contribution in [0.2, 0.25) is 0 Å². The summed E-state index contributed by atoms with van der Waals surface area (Å²) in [6.45, 7) is 2.04. The van der Waals surface area contributed by atoms with Gasteiger partial charge in [0.2, 0.25) is 0 Å². The highest BCUT2D eigenvalue weighted by atomic mass is 14.6. The highest BCUT2D eigenvalue weighted by Crippen LogP contribution is 2.16. The van der Waals surface area contributed by atoms with Gasteiger partial charge in [-0.2, -0.15) is 5.26 Å². The predicted molar refractivity (Wildman–Crippen MR) is 53.0 cm³/mol. The quantitative estimate of drug-likeness (QED) is 0.764. The normalized spacial score (nSPS) is 12.1. The first-order valence-corrected chi connectivity index (χ1v) is 4.43. The van der Waals surface area contributed by atoms with Crippen LogP contribution < -0.4 is 5.73 Å². The van der Waals surface area contributed by atoms with Crippen molar-refractivity contribution in [2.24, 2.45) is 5.73 Å². The molecule has 68 valence electrons. The third-order valence-corrected chi connectivity index (χ3v) is 2.04. The van der Waals surface area contributed by atoms with Crippen molar-refractivity contribution >= 4 is 0 Å². The summed E-state index contributed by atoms with van der Waals surface area (Å²) in [6, 6.07) is 10.2. The van der Waals surface area contributed by atoms with E-state index in [9.17, 15) is 0 Å². The molecule has 0 aliphatic rings. The van der Waals surface area contributed by atoms with Crippen LogP contribution in [0.3, 0.4) is 0 Å². The number of nitrogens with zero attached hydrogens (tertiary/aromatic N) is 1. The fraction of sp³-hybridized carbons (Fsp3) is 0.364. The molecular weight excluding hydrogens is 160 g/mol. The Hall–Kier alpha value is -1.33. The summed E-state index contributed by atoms with van der Waals surface area (Å²) >= 11 is 0. The van der Waals surface area contributed by atoms with Gasteiger partial charge in [0.15, 0.2) is 0 Å². The lowest BCUT2D eigenvalue weighted by molar-refractivity contribution is 0.664. The van der Waals surface area contributed by atoms with Crippen LogP contribution in [0.1, 0.15) is 30.0 Å². The number of nitrogens with two attached hydrogens (primary N) is 1. The summed E-state index contributed by atoms with van der Waals surface area (Å²) in [5.41, 5.74) is 8.23. The van der Waals surface area contributed by atoms with E-state index >= 15 is 0 Å². The van der Waals surface area contributed by atoms with E-state index in [0.717, 1.165) is 12.0 Å². The van der Waals surface area contributed by atoms with Gasteiger partial charge in [-0.15, -0.1) is 0 Å². The molecule has 0 saturated heterocycles. The number of aryl methyl sites for hydroxylation is 1. The van der Waals surface area contributed by atoms with E-state index in [1.165, 1.54) is 5.56 Å². The minimum absolute atomic E-state index is 0.000417. The molecule has 0 radical (unpaired) electrons. The predicted octanol–water partition coefficient (Wildman–Crippen LogP) is 2.30. The Bertz CT molecular complexity index is 312. The minimum atomic E-state index is -0.000417. The lowest BCUT2D eigenvalue weighted by atomic mass is 10.0. The Kier molecular flexibility index (Phi) is 3.48. The van der Waals surface area contributed by atoms with Gasteiger partial charge in [-0.25, -0.2) is 0 Å². The first kappa shape index (κ1) is 9.76. The number of nitriles is 1. The minimum Gasteiger partial charge on any atom is -0.324 e. The van der Waals surface area contributed by atoms with Crippen LogP contribution >= 0.6 is 0 Å². The van der Waals surface area contributed by atoms with E-state index in [1.807, 2.05) is 25.1 Å². The van der Waals surface area contributed by atoms with Crippen LogP contribution in [0.25, 0.3) is 0 Å². The molecule has 1 atom stereocenters. The summed E-state index contributed by atoms with van der Waals surface area (Å²) in [6.07, 6.45) is 1.26. The van der Waals surface area contributed by atoms with Crippen LogP contribution in [0.4, 0.5) is 0 Å². The molecule has 2 N–H and O–H groups in total. The van der Waals surface area contributed by atoms with E-state index in [2.05, 4.69) is 12.1 Å². The summed E-state index contributed by atoms with van der Waals surface area (Å²) in [7, 11) is 0. The van der Waals surface area contributed by atoms with Crippen molar-refractivity contribution < 1.29 is 0 Å². The van der Waals surface area contributed by atoms with Gasteiger partial charge >= 0.3 is 0 Å². The Balaban J connectivity index is 2.66. The highest BCUT2D eigenvalue weighted by molar-refractivity contribution is 5.24. The van der Waals surface area contributed by atoms with Crippen LogP contribution in [-0.4, -0.2) is 0 Å². The molecule has 0 saturated carbocycles. The monoisotopic (exact) mass is 174 g/mol. The first-order valence-electron chi connectivity index (χ1n) is 4.43. The summed E-state index contributed by atoms with van der Waals surface area (Å²) in [4.78, 5) is 0. The van der Waals surface area contributed by atoms with Gasteiger partial charge in [0, 0.05) is 12.5 Å². The molecular formula is C11H14N2. The second kappa shape index (κ2) is 4.64. The van der Waals surface area contributed by atoms with Crippen LogP contribution in [0.5, 0.6) is 0 Å². The first-order chi connectivity index (χ1) is 6.24. The standard InChI is InChI=1S/C11H14N2/c1-9-4-2-5-10(8-9)11(13)6-3-7-12/h2,4-5,8,11H,3,6,13H2,1H3. The Morgan fingerprint density at radius 1 is 1.54 bits per heavy atom. The Morgan fingerprint density at radius 2 is 2.31 bits per heavy atom. The lowest BCUT2D eigenvalue weighted by Crippen LogP contribution is -2.09. The molecule has 2 heteroatoms. The van der Waals surface area contributed by atoms with Gasteiger partial charge in [-0.05, 0) is 18.9 Å². The Labute approximate surface area is 79.0 Å². The highest BCUT2D eigenvalue weighted by Gasteiger charge is 2.04. The smallest absolute Gasteiger partial charge is 0.0622 e. The van der Waals surface area contributed by atoms with Crippen molar-refractivity contribution in [2.75, 3.05) is 0 Å². The van der Waals surface area contributed by atoms with E-state index in [4.69, 9.17) is 11.0 Å². The molecule has 1 rings (SSSR count). The molecule has 2 nitrogen and oxygen atoms in total. The topological polar surface area (TPSA) is 49.8 Å². The molecule has 0 aliphatic carbocycles. The second-order valence-corrected chi connectivity index (χ2v) is 3.22. The number of rotatable bonds is 3. The number of benzene rings is 1. The fourth-order valence-corrected chi connectivity index (χ4v) is 1.29. The van der Waals surface area contributed by atoms with Crippen LogP contribution in [-0.2, 0) is 0 Å². The zero-order valence-electron chi connectivity index (χ0n) is 7.83. The van der Waals surface area contributed by atoms with Gasteiger partial charge in [0.25, 0.3) is 0 Å². The van der Waals surface area contributed by atoms with Gasteiger partial charge in [0.1, 0.15) is 0 Å². The van der Waals surface area contributed by atoms with Crippen molar-refractivity contribution in [1.29, 1.82) is 5.26 Å². The molecule has 0 aliphatic heterocycles. The van der Waals surface area contributed by atoms with E-state index in [1.54, 1.807) is 0 Å². The maximum absolute atomic E-state index is 8.41. The van der Waals surface area contributed by atoms with Gasteiger partial charge < -0.3 is 5.73 Å². The molecule has 1 aromatic carbocycles. The zero-order valence-corrected chi connectivity index (χ0v) is 7.83. The van der Waals surface area contributed by atoms with E-state index < -0.39 is 0 Å². The SMILES string of the molecule is Cc1cccc(C(N)CCC#N)c1. The molecule has 0 bridgehead atoms. The largest absolute Gasteiger partial charge is 0.324 e. The number of hydrogen-bond donors (Lipinski definition) is 1. The molecule has 0 aromatic heterocycles. The Morgan fingerprint density at radius 3 is 2.92 bits per heavy atom. The number of hydrogen-bond acceptors (Lipinski definition) is 2. The lowest BCUT2D eigenvalue weighted by Gasteiger charge is -2.10. The van der Waals surface area contributed by atoms with Crippen LogP contribution in [0.15, 0.2) is 24.3 Å². The summed E-state index contributed by atoms with van der Waals surface area (Å²) in [5, 5.41) is 8.41. The molecule has 0 heterocycles. The molecule has 0 spiro atoms. The van der Waals surface area contributed by atoms with E-state index in [0.29, 0.717) is 6.42 Å². The molecule has 0 fully saturated rings. The maximum Gasteiger partial charge on any atom is 0.0622 e. The second-order valence-electron chi connectivity index (χ2n) is 3.22. The van der Waals surface area contributed by atoms with Gasteiger partial charge in [-0.1, -0.05) is 29.8 Å². The van der Waals surface area contributed by atoms with Gasteiger partial charge in [0.05, 0.1) is 6.07 Å². The fourth-order valence-electron chi connectivity index (χ4n) is 1.29. The van der Waals surface area contributed by atoms with E-state index in [-0.39, 0.29) is 6.04 Å². The molecule has 1 aromatic rings.